The lowest BCUT2D eigenvalue weighted by molar-refractivity contribution is -0.172. The van der Waals surface area contributed by atoms with E-state index in [1.165, 1.54) is 42.5 Å². The number of hydrogen-bond acceptors (Lipinski definition) is 2. The number of rotatable bonds is 4. The van der Waals surface area contributed by atoms with Gasteiger partial charge in [-0.3, -0.25) is 4.79 Å². The Morgan fingerprint density at radius 1 is 1.04 bits per heavy atom. The van der Waals surface area contributed by atoms with Gasteiger partial charge in [0.25, 0.3) is 0 Å². The first-order valence-electron chi connectivity index (χ1n) is 6.93. The second-order valence-electron chi connectivity index (χ2n) is 5.35. The highest BCUT2D eigenvalue weighted by atomic mass is 19.4. The van der Waals surface area contributed by atoms with Crippen LogP contribution in [-0.4, -0.2) is 12.0 Å². The van der Waals surface area contributed by atoms with Crippen molar-refractivity contribution < 1.29 is 18.0 Å². The van der Waals surface area contributed by atoms with E-state index in [1.807, 2.05) is 0 Å². The Morgan fingerprint density at radius 3 is 2.09 bits per heavy atom. The van der Waals surface area contributed by atoms with E-state index in [1.54, 1.807) is 25.1 Å². The summed E-state index contributed by atoms with van der Waals surface area (Å²) in [6, 6.07) is 14.5. The van der Waals surface area contributed by atoms with E-state index >= 15 is 0 Å². The van der Waals surface area contributed by atoms with Crippen molar-refractivity contribution in [2.45, 2.75) is 24.9 Å². The van der Waals surface area contributed by atoms with Crippen LogP contribution in [0.5, 0.6) is 0 Å². The standard InChI is InChI=1S/C18H14F3NO/c1-13-7-9-15(10-8-13)17(12-22,18(19,20)21)11-16(23)14-5-3-2-4-6-14/h2-10H,11H2,1H3/t17-/m0/s1. The van der Waals surface area contributed by atoms with Crippen LogP contribution >= 0.6 is 0 Å². The van der Waals surface area contributed by atoms with Crippen molar-refractivity contribution >= 4 is 5.78 Å². The molecule has 0 aliphatic carbocycles. The number of carbonyl (C=O) groups is 1. The van der Waals surface area contributed by atoms with Crippen molar-refractivity contribution in [1.82, 2.24) is 0 Å². The van der Waals surface area contributed by atoms with Gasteiger partial charge < -0.3 is 0 Å². The Bertz CT molecular complexity index is 730. The zero-order chi connectivity index (χ0) is 17.1. The number of benzene rings is 2. The fourth-order valence-corrected chi connectivity index (χ4v) is 2.34. The Morgan fingerprint density at radius 2 is 1.61 bits per heavy atom. The zero-order valence-corrected chi connectivity index (χ0v) is 12.4. The third kappa shape index (κ3) is 3.26. The van der Waals surface area contributed by atoms with Crippen LogP contribution in [0.2, 0.25) is 0 Å². The lowest BCUT2D eigenvalue weighted by Crippen LogP contribution is -2.43. The summed E-state index contributed by atoms with van der Waals surface area (Å²) < 4.78 is 41.0. The number of hydrogen-bond donors (Lipinski definition) is 0. The van der Waals surface area contributed by atoms with Crippen LogP contribution in [0, 0.1) is 18.3 Å². The van der Waals surface area contributed by atoms with Crippen LogP contribution in [0.25, 0.3) is 0 Å². The topological polar surface area (TPSA) is 40.9 Å². The molecule has 0 aromatic heterocycles. The van der Waals surface area contributed by atoms with Gasteiger partial charge in [-0.25, -0.2) is 0 Å². The number of aryl methyl sites for hydroxylation is 1. The predicted octanol–water partition coefficient (Wildman–Crippen LogP) is 4.59. The van der Waals surface area contributed by atoms with Crippen molar-refractivity contribution in [2.24, 2.45) is 0 Å². The van der Waals surface area contributed by atoms with E-state index in [0.29, 0.717) is 0 Å². The minimum atomic E-state index is -4.86. The summed E-state index contributed by atoms with van der Waals surface area (Å²) in [5.41, 5.74) is -2.14. The number of alkyl halides is 3. The maximum atomic E-state index is 13.7. The number of nitriles is 1. The average molecular weight is 317 g/mol. The third-order valence-electron chi connectivity index (χ3n) is 3.74. The molecular formula is C18H14F3NO. The van der Waals surface area contributed by atoms with Gasteiger partial charge >= 0.3 is 6.18 Å². The van der Waals surface area contributed by atoms with Gasteiger partial charge in [-0.1, -0.05) is 60.2 Å². The molecule has 0 spiro atoms. The van der Waals surface area contributed by atoms with Crippen LogP contribution in [0.4, 0.5) is 13.2 Å². The fraction of sp³-hybridized carbons (Fsp3) is 0.222. The average Bonchev–Trinajstić information content (AvgIpc) is 2.53. The van der Waals surface area contributed by atoms with Crippen LogP contribution < -0.4 is 0 Å². The molecule has 0 fully saturated rings. The highest BCUT2D eigenvalue weighted by molar-refractivity contribution is 5.97. The van der Waals surface area contributed by atoms with Crippen LogP contribution in [0.3, 0.4) is 0 Å². The Kier molecular flexibility index (Phi) is 4.55. The first kappa shape index (κ1) is 16.8. The summed E-state index contributed by atoms with van der Waals surface area (Å²) in [7, 11) is 0. The molecule has 0 saturated carbocycles. The molecule has 23 heavy (non-hydrogen) atoms. The molecular weight excluding hydrogens is 303 g/mol. The number of ketones is 1. The van der Waals surface area contributed by atoms with E-state index in [0.717, 1.165) is 5.56 Å². The van der Waals surface area contributed by atoms with E-state index < -0.39 is 23.8 Å². The molecule has 0 heterocycles. The van der Waals surface area contributed by atoms with Crippen LogP contribution in [0.1, 0.15) is 27.9 Å². The summed E-state index contributed by atoms with van der Waals surface area (Å²) in [5.74, 6) is -0.718. The smallest absolute Gasteiger partial charge is 0.294 e. The Hall–Kier alpha value is -2.61. The van der Waals surface area contributed by atoms with Gasteiger partial charge in [-0.2, -0.15) is 18.4 Å². The molecule has 2 aromatic rings. The third-order valence-corrected chi connectivity index (χ3v) is 3.74. The molecule has 0 unspecified atom stereocenters. The minimum Gasteiger partial charge on any atom is -0.294 e. The molecule has 0 amide bonds. The van der Waals surface area contributed by atoms with Crippen molar-refractivity contribution in [3.8, 4) is 6.07 Å². The molecule has 2 aromatic carbocycles. The van der Waals surface area contributed by atoms with Gasteiger partial charge in [-0.05, 0) is 12.5 Å². The van der Waals surface area contributed by atoms with Gasteiger partial charge in [0, 0.05) is 12.0 Å². The molecule has 0 radical (unpaired) electrons. The fourth-order valence-electron chi connectivity index (χ4n) is 2.34. The van der Waals surface area contributed by atoms with Crippen LogP contribution in [0.15, 0.2) is 54.6 Å². The monoisotopic (exact) mass is 317 g/mol. The summed E-state index contributed by atoms with van der Waals surface area (Å²) >= 11 is 0. The zero-order valence-electron chi connectivity index (χ0n) is 12.4. The van der Waals surface area contributed by atoms with E-state index in [9.17, 15) is 23.2 Å². The Balaban J connectivity index is 2.49. The van der Waals surface area contributed by atoms with Gasteiger partial charge in [0.15, 0.2) is 11.2 Å². The van der Waals surface area contributed by atoms with E-state index in [4.69, 9.17) is 0 Å². The molecule has 2 rings (SSSR count). The number of halogens is 3. The normalized spacial score (nSPS) is 13.9. The van der Waals surface area contributed by atoms with E-state index in [2.05, 4.69) is 0 Å². The van der Waals surface area contributed by atoms with Gasteiger partial charge in [0.2, 0.25) is 0 Å². The number of Topliss-reactive ketones (excluding diaryl/α,β-unsaturated/α-hetero) is 1. The largest absolute Gasteiger partial charge is 0.411 e. The van der Waals surface area contributed by atoms with Gasteiger partial charge in [-0.15, -0.1) is 0 Å². The molecule has 1 atom stereocenters. The highest BCUT2D eigenvalue weighted by Gasteiger charge is 2.57. The molecule has 0 bridgehead atoms. The van der Waals surface area contributed by atoms with Gasteiger partial charge in [0.1, 0.15) is 0 Å². The molecule has 0 aliphatic rings. The van der Waals surface area contributed by atoms with Crippen molar-refractivity contribution in [1.29, 1.82) is 5.26 Å². The maximum Gasteiger partial charge on any atom is 0.411 e. The number of nitrogens with zero attached hydrogens (tertiary/aromatic N) is 1. The Labute approximate surface area is 132 Å². The minimum absolute atomic E-state index is 0.156. The van der Waals surface area contributed by atoms with E-state index in [-0.39, 0.29) is 11.1 Å². The van der Waals surface area contributed by atoms with Crippen LogP contribution in [-0.2, 0) is 5.41 Å². The number of carbonyl (C=O) groups excluding carboxylic acids is 1. The van der Waals surface area contributed by atoms with Gasteiger partial charge in [0.05, 0.1) is 6.07 Å². The second-order valence-corrected chi connectivity index (χ2v) is 5.35. The SMILES string of the molecule is Cc1ccc([C@@](C#N)(CC(=O)c2ccccc2)C(F)(F)F)cc1. The summed E-state index contributed by atoms with van der Waals surface area (Å²) in [4.78, 5) is 12.3. The maximum absolute atomic E-state index is 13.7. The molecule has 118 valence electrons. The lowest BCUT2D eigenvalue weighted by atomic mass is 9.76. The lowest BCUT2D eigenvalue weighted by Gasteiger charge is -2.29. The van der Waals surface area contributed by atoms with Crippen molar-refractivity contribution in [3.05, 3.63) is 71.3 Å². The van der Waals surface area contributed by atoms with Crippen molar-refractivity contribution in [3.63, 3.8) is 0 Å². The first-order valence-corrected chi connectivity index (χ1v) is 6.93. The predicted molar refractivity (Wildman–Crippen MR) is 79.9 cm³/mol. The second kappa shape index (κ2) is 6.25. The molecule has 0 aliphatic heterocycles. The quantitative estimate of drug-likeness (QED) is 0.774. The summed E-state index contributed by atoms with van der Waals surface area (Å²) in [5, 5.41) is 9.31. The first-order chi connectivity index (χ1) is 10.8. The molecule has 5 heteroatoms. The molecule has 2 nitrogen and oxygen atoms in total. The molecule has 0 N–H and O–H groups in total. The summed E-state index contributed by atoms with van der Waals surface area (Å²) in [6.07, 6.45) is -5.80. The highest BCUT2D eigenvalue weighted by Crippen LogP contribution is 2.44. The molecule has 0 saturated heterocycles. The van der Waals surface area contributed by atoms with Crippen molar-refractivity contribution in [2.75, 3.05) is 0 Å². The summed E-state index contributed by atoms with van der Waals surface area (Å²) in [6.45, 7) is 1.74.